The first kappa shape index (κ1) is 10.2. The van der Waals surface area contributed by atoms with Gasteiger partial charge in [0.25, 0.3) is 0 Å². The zero-order valence-corrected chi connectivity index (χ0v) is 9.78. The van der Waals surface area contributed by atoms with E-state index in [2.05, 4.69) is 15.0 Å². The highest BCUT2D eigenvalue weighted by Crippen LogP contribution is 2.21. The number of aliphatic hydroxyl groups excluding tert-OH is 1. The van der Waals surface area contributed by atoms with Crippen molar-refractivity contribution in [3.05, 3.63) is 17.5 Å². The molecule has 0 bridgehead atoms. The second-order valence-corrected chi connectivity index (χ2v) is 5.00. The molecule has 0 atom stereocenters. The van der Waals surface area contributed by atoms with Crippen LogP contribution in [0.3, 0.4) is 0 Å². The van der Waals surface area contributed by atoms with E-state index in [1.807, 2.05) is 22.5 Å². The predicted molar refractivity (Wildman–Crippen MR) is 63.3 cm³/mol. The molecule has 0 aliphatic carbocycles. The number of fused-ring (bicyclic) bond motifs is 1. The standard InChI is InChI=1S/C10H14N4OS/c15-7-8-5-9-6-13(2-3-14(9)12-8)10-11-1-4-16-10/h5,15H,1-4,6-7H2. The summed E-state index contributed by atoms with van der Waals surface area (Å²) in [7, 11) is 0. The maximum atomic E-state index is 9.05. The van der Waals surface area contributed by atoms with E-state index in [4.69, 9.17) is 5.11 Å². The molecule has 2 aliphatic rings. The van der Waals surface area contributed by atoms with E-state index in [9.17, 15) is 0 Å². The van der Waals surface area contributed by atoms with Crippen LogP contribution >= 0.6 is 11.8 Å². The Kier molecular flexibility index (Phi) is 2.61. The molecular weight excluding hydrogens is 224 g/mol. The molecule has 0 radical (unpaired) electrons. The molecule has 3 heterocycles. The number of thioether (sulfide) groups is 1. The van der Waals surface area contributed by atoms with E-state index < -0.39 is 0 Å². The molecule has 0 spiro atoms. The van der Waals surface area contributed by atoms with Crippen LogP contribution in [0.5, 0.6) is 0 Å². The van der Waals surface area contributed by atoms with Gasteiger partial charge in [-0.1, -0.05) is 11.8 Å². The highest BCUT2D eigenvalue weighted by atomic mass is 32.2. The Morgan fingerprint density at radius 3 is 3.12 bits per heavy atom. The molecule has 5 nitrogen and oxygen atoms in total. The highest BCUT2D eigenvalue weighted by molar-refractivity contribution is 8.14. The zero-order valence-electron chi connectivity index (χ0n) is 8.96. The third-order valence-electron chi connectivity index (χ3n) is 2.85. The van der Waals surface area contributed by atoms with Crippen molar-refractivity contribution in [2.45, 2.75) is 19.7 Å². The van der Waals surface area contributed by atoms with Gasteiger partial charge in [0.1, 0.15) is 0 Å². The van der Waals surface area contributed by atoms with Crippen LogP contribution in [0.2, 0.25) is 0 Å². The molecule has 16 heavy (non-hydrogen) atoms. The number of aliphatic imine (C=N–C) groups is 1. The average Bonchev–Trinajstić information content (AvgIpc) is 2.96. The Labute approximate surface area is 98.2 Å². The summed E-state index contributed by atoms with van der Waals surface area (Å²) >= 11 is 1.83. The molecule has 0 saturated heterocycles. The number of amidine groups is 1. The Bertz CT molecular complexity index is 428. The van der Waals surface area contributed by atoms with Gasteiger partial charge in [-0.2, -0.15) is 5.10 Å². The first-order chi connectivity index (χ1) is 7.86. The van der Waals surface area contributed by atoms with Gasteiger partial charge in [0.15, 0.2) is 5.17 Å². The van der Waals surface area contributed by atoms with Crippen LogP contribution in [-0.2, 0) is 19.7 Å². The quantitative estimate of drug-likeness (QED) is 0.764. The summed E-state index contributed by atoms with van der Waals surface area (Å²) in [6.45, 7) is 3.67. The summed E-state index contributed by atoms with van der Waals surface area (Å²) in [6.07, 6.45) is 0. The fraction of sp³-hybridized carbons (Fsp3) is 0.600. The molecule has 1 N–H and O–H groups in total. The smallest absolute Gasteiger partial charge is 0.159 e. The van der Waals surface area contributed by atoms with Crippen LogP contribution in [-0.4, -0.2) is 43.8 Å². The molecular formula is C10H14N4OS. The van der Waals surface area contributed by atoms with Crippen molar-refractivity contribution in [1.29, 1.82) is 0 Å². The Balaban J connectivity index is 1.80. The molecule has 86 valence electrons. The maximum Gasteiger partial charge on any atom is 0.159 e. The Morgan fingerprint density at radius 1 is 1.44 bits per heavy atom. The monoisotopic (exact) mass is 238 g/mol. The van der Waals surface area contributed by atoms with Gasteiger partial charge in [-0.3, -0.25) is 9.67 Å². The van der Waals surface area contributed by atoms with Crippen LogP contribution in [0.4, 0.5) is 0 Å². The summed E-state index contributed by atoms with van der Waals surface area (Å²) in [5.41, 5.74) is 1.93. The van der Waals surface area contributed by atoms with E-state index >= 15 is 0 Å². The third kappa shape index (κ3) is 1.72. The molecule has 0 aromatic carbocycles. The minimum atomic E-state index is 0.0235. The van der Waals surface area contributed by atoms with Crippen molar-refractivity contribution in [1.82, 2.24) is 14.7 Å². The minimum Gasteiger partial charge on any atom is -0.390 e. The first-order valence-electron chi connectivity index (χ1n) is 5.45. The van der Waals surface area contributed by atoms with E-state index in [1.165, 1.54) is 5.69 Å². The van der Waals surface area contributed by atoms with Gasteiger partial charge in [-0.05, 0) is 6.07 Å². The normalized spacial score (nSPS) is 19.8. The summed E-state index contributed by atoms with van der Waals surface area (Å²) in [4.78, 5) is 6.79. The van der Waals surface area contributed by atoms with Gasteiger partial charge in [0.2, 0.25) is 0 Å². The molecule has 6 heteroatoms. The second-order valence-electron chi connectivity index (χ2n) is 3.94. The molecule has 2 aliphatic heterocycles. The summed E-state index contributed by atoms with van der Waals surface area (Å²) in [5, 5.41) is 14.5. The summed E-state index contributed by atoms with van der Waals surface area (Å²) in [5.74, 6) is 1.10. The van der Waals surface area contributed by atoms with Gasteiger partial charge in [0.05, 0.1) is 37.6 Å². The second kappa shape index (κ2) is 4.10. The van der Waals surface area contributed by atoms with Crippen LogP contribution in [0.15, 0.2) is 11.1 Å². The number of nitrogens with zero attached hydrogens (tertiary/aromatic N) is 4. The van der Waals surface area contributed by atoms with Gasteiger partial charge in [0, 0.05) is 12.3 Å². The maximum absolute atomic E-state index is 9.05. The molecule has 0 fully saturated rings. The highest BCUT2D eigenvalue weighted by Gasteiger charge is 2.22. The molecule has 0 unspecified atom stereocenters. The lowest BCUT2D eigenvalue weighted by Gasteiger charge is -2.28. The lowest BCUT2D eigenvalue weighted by atomic mass is 10.3. The van der Waals surface area contributed by atoms with Crippen molar-refractivity contribution in [2.75, 3.05) is 18.8 Å². The number of rotatable bonds is 1. The number of hydrogen-bond acceptors (Lipinski definition) is 5. The van der Waals surface area contributed by atoms with Gasteiger partial charge in [-0.25, -0.2) is 0 Å². The van der Waals surface area contributed by atoms with Crippen LogP contribution < -0.4 is 0 Å². The van der Waals surface area contributed by atoms with Crippen molar-refractivity contribution in [3.8, 4) is 0 Å². The molecule has 1 aromatic heterocycles. The fourth-order valence-electron chi connectivity index (χ4n) is 2.08. The molecule has 3 rings (SSSR count). The lowest BCUT2D eigenvalue weighted by Crippen LogP contribution is -2.36. The van der Waals surface area contributed by atoms with E-state index in [0.717, 1.165) is 42.8 Å². The Hall–Kier alpha value is -1.01. The molecule has 0 saturated carbocycles. The number of hydrogen-bond donors (Lipinski definition) is 1. The van der Waals surface area contributed by atoms with E-state index in [1.54, 1.807) is 0 Å². The minimum absolute atomic E-state index is 0.0235. The fourth-order valence-corrected chi connectivity index (χ4v) is 2.97. The van der Waals surface area contributed by atoms with Crippen molar-refractivity contribution in [3.63, 3.8) is 0 Å². The van der Waals surface area contributed by atoms with Gasteiger partial charge < -0.3 is 10.0 Å². The summed E-state index contributed by atoms with van der Waals surface area (Å²) < 4.78 is 1.99. The third-order valence-corrected chi connectivity index (χ3v) is 3.88. The topological polar surface area (TPSA) is 53.6 Å². The van der Waals surface area contributed by atoms with Crippen molar-refractivity contribution < 1.29 is 5.11 Å². The van der Waals surface area contributed by atoms with Crippen molar-refractivity contribution >= 4 is 16.9 Å². The first-order valence-corrected chi connectivity index (χ1v) is 6.44. The van der Waals surface area contributed by atoms with Gasteiger partial charge in [-0.15, -0.1) is 0 Å². The van der Waals surface area contributed by atoms with E-state index in [-0.39, 0.29) is 6.61 Å². The van der Waals surface area contributed by atoms with Crippen LogP contribution in [0.1, 0.15) is 11.4 Å². The average molecular weight is 238 g/mol. The number of aliphatic hydroxyl groups is 1. The molecule has 1 aromatic rings. The Morgan fingerprint density at radius 2 is 2.38 bits per heavy atom. The van der Waals surface area contributed by atoms with Crippen molar-refractivity contribution in [2.24, 2.45) is 4.99 Å². The van der Waals surface area contributed by atoms with Crippen LogP contribution in [0.25, 0.3) is 0 Å². The number of aromatic nitrogens is 2. The van der Waals surface area contributed by atoms with E-state index in [0.29, 0.717) is 0 Å². The lowest BCUT2D eigenvalue weighted by molar-refractivity contribution is 0.273. The van der Waals surface area contributed by atoms with Gasteiger partial charge >= 0.3 is 0 Å². The zero-order chi connectivity index (χ0) is 11.0. The van der Waals surface area contributed by atoms with Crippen LogP contribution in [0, 0.1) is 0 Å². The predicted octanol–water partition coefficient (Wildman–Crippen LogP) is 0.294. The molecule has 0 amide bonds. The largest absolute Gasteiger partial charge is 0.390 e. The summed E-state index contributed by atoms with van der Waals surface area (Å²) in [6, 6.07) is 1.98. The SMILES string of the molecule is OCc1cc2n(n1)CCN(C1=NCCS1)C2.